The van der Waals surface area contributed by atoms with Crippen LogP contribution in [0.15, 0.2) is 36.5 Å². The van der Waals surface area contributed by atoms with Gasteiger partial charge in [-0.05, 0) is 20.8 Å². The first-order valence-electron chi connectivity index (χ1n) is 5.37. The van der Waals surface area contributed by atoms with Crippen molar-refractivity contribution in [2.45, 2.75) is 20.8 Å². The number of allylic oxidation sites excluding steroid dienone is 3. The molecular weight excluding hydrogens is 223 g/mol. The summed E-state index contributed by atoms with van der Waals surface area (Å²) in [6, 6.07) is 0. The predicted molar refractivity (Wildman–Crippen MR) is 69.2 cm³/mol. The van der Waals surface area contributed by atoms with Crippen LogP contribution in [0.1, 0.15) is 20.8 Å². The molecule has 0 bridgehead atoms. The highest BCUT2D eigenvalue weighted by Gasteiger charge is 2.09. The maximum Gasteiger partial charge on any atom is 0.333 e. The van der Waals surface area contributed by atoms with Gasteiger partial charge in [-0.1, -0.05) is 36.5 Å². The molecule has 3 nitrogen and oxygen atoms in total. The Labute approximate surface area is 99.8 Å². The molecule has 0 rings (SSSR count). The van der Waals surface area contributed by atoms with Crippen molar-refractivity contribution in [1.82, 2.24) is 0 Å². The molecule has 0 saturated heterocycles. The Morgan fingerprint density at radius 2 is 1.00 bits per heavy atom. The Bertz CT molecular complexity index is 186. The lowest BCUT2D eigenvalue weighted by Gasteiger charge is -2.13. The molecule has 0 N–H and O–H groups in total. The average Bonchev–Trinajstić information content (AvgIpc) is 2.29. The molecule has 0 amide bonds. The fourth-order valence-electron chi connectivity index (χ4n) is 0.712. The maximum atomic E-state index is 5.44. The second kappa shape index (κ2) is 12.6. The lowest BCUT2D eigenvalue weighted by Crippen LogP contribution is -1.96. The van der Waals surface area contributed by atoms with Gasteiger partial charge in [0.2, 0.25) is 0 Å². The van der Waals surface area contributed by atoms with Crippen LogP contribution >= 0.6 is 8.60 Å². The third-order valence-corrected chi connectivity index (χ3v) is 2.62. The third-order valence-electron chi connectivity index (χ3n) is 1.54. The van der Waals surface area contributed by atoms with Gasteiger partial charge in [0.05, 0.1) is 19.8 Å². The minimum Gasteiger partial charge on any atom is -0.308 e. The quantitative estimate of drug-likeness (QED) is 0.453. The van der Waals surface area contributed by atoms with Crippen molar-refractivity contribution in [2.24, 2.45) is 0 Å². The van der Waals surface area contributed by atoms with Crippen LogP contribution in [0.4, 0.5) is 0 Å². The van der Waals surface area contributed by atoms with Gasteiger partial charge in [-0.15, -0.1) is 0 Å². The van der Waals surface area contributed by atoms with E-state index in [2.05, 4.69) is 0 Å². The van der Waals surface area contributed by atoms with E-state index in [0.29, 0.717) is 19.8 Å². The maximum absolute atomic E-state index is 5.44. The summed E-state index contributed by atoms with van der Waals surface area (Å²) in [4.78, 5) is 0. The molecule has 0 aliphatic rings. The van der Waals surface area contributed by atoms with E-state index in [0.717, 1.165) is 0 Å². The molecule has 0 aliphatic carbocycles. The van der Waals surface area contributed by atoms with Crippen molar-refractivity contribution in [3.8, 4) is 0 Å². The standard InChI is InChI=1S/C12H21O3P/c1-4-7-10-13-16(14-11-8-5-2)15-12-9-6-3/h4-9H,10-12H2,1-3H3. The van der Waals surface area contributed by atoms with Crippen molar-refractivity contribution < 1.29 is 13.6 Å². The first-order valence-corrected chi connectivity index (χ1v) is 6.47. The number of hydrogen-bond donors (Lipinski definition) is 0. The highest BCUT2D eigenvalue weighted by atomic mass is 31.2. The first kappa shape index (κ1) is 15.5. The molecule has 0 saturated carbocycles. The van der Waals surface area contributed by atoms with Crippen LogP contribution in [0.2, 0.25) is 0 Å². The highest BCUT2D eigenvalue weighted by Crippen LogP contribution is 2.39. The van der Waals surface area contributed by atoms with Crippen molar-refractivity contribution in [3.63, 3.8) is 0 Å². The summed E-state index contributed by atoms with van der Waals surface area (Å²) in [5.41, 5.74) is 0. The lowest BCUT2D eigenvalue weighted by molar-refractivity contribution is 0.194. The summed E-state index contributed by atoms with van der Waals surface area (Å²) in [7, 11) is -1.25. The van der Waals surface area contributed by atoms with Crippen LogP contribution in [0, 0.1) is 0 Å². The van der Waals surface area contributed by atoms with Crippen LogP contribution < -0.4 is 0 Å². The molecule has 0 unspecified atom stereocenters. The molecule has 0 spiro atoms. The zero-order valence-corrected chi connectivity index (χ0v) is 11.2. The van der Waals surface area contributed by atoms with E-state index < -0.39 is 8.60 Å². The molecule has 0 heterocycles. The third kappa shape index (κ3) is 10.1. The molecule has 4 heteroatoms. The van der Waals surface area contributed by atoms with Crippen LogP contribution in [-0.4, -0.2) is 19.8 Å². The summed E-state index contributed by atoms with van der Waals surface area (Å²) in [5, 5.41) is 0. The molecule has 0 radical (unpaired) electrons. The van der Waals surface area contributed by atoms with Crippen LogP contribution in [0.3, 0.4) is 0 Å². The van der Waals surface area contributed by atoms with Gasteiger partial charge in [-0.2, -0.15) is 0 Å². The summed E-state index contributed by atoms with van der Waals surface area (Å²) in [6.45, 7) is 7.42. The highest BCUT2D eigenvalue weighted by molar-refractivity contribution is 7.41. The van der Waals surface area contributed by atoms with Gasteiger partial charge in [0.1, 0.15) is 0 Å². The summed E-state index contributed by atoms with van der Waals surface area (Å²) >= 11 is 0. The lowest BCUT2D eigenvalue weighted by atomic mass is 10.6. The minimum atomic E-state index is -1.25. The minimum absolute atomic E-state index is 0.522. The van der Waals surface area contributed by atoms with E-state index in [9.17, 15) is 0 Å². The summed E-state index contributed by atoms with van der Waals surface area (Å²) in [5.74, 6) is 0. The Morgan fingerprint density at radius 1 is 0.688 bits per heavy atom. The van der Waals surface area contributed by atoms with Crippen molar-refractivity contribution in [3.05, 3.63) is 36.5 Å². The zero-order chi connectivity index (χ0) is 12.1. The van der Waals surface area contributed by atoms with Gasteiger partial charge in [0, 0.05) is 0 Å². The first-order chi connectivity index (χ1) is 7.85. The van der Waals surface area contributed by atoms with Gasteiger partial charge >= 0.3 is 8.60 Å². The molecule has 0 aliphatic heterocycles. The second-order valence-electron chi connectivity index (χ2n) is 2.82. The largest absolute Gasteiger partial charge is 0.333 e. The van der Waals surface area contributed by atoms with Gasteiger partial charge in [-0.25, -0.2) is 0 Å². The van der Waals surface area contributed by atoms with E-state index in [1.807, 2.05) is 57.2 Å². The van der Waals surface area contributed by atoms with Crippen LogP contribution in [0.25, 0.3) is 0 Å². The van der Waals surface area contributed by atoms with E-state index in [4.69, 9.17) is 13.6 Å². The molecule has 0 aromatic rings. The topological polar surface area (TPSA) is 27.7 Å². The van der Waals surface area contributed by atoms with E-state index >= 15 is 0 Å². The molecule has 16 heavy (non-hydrogen) atoms. The summed E-state index contributed by atoms with van der Waals surface area (Å²) in [6.07, 6.45) is 11.6. The Kier molecular flexibility index (Phi) is 12.2. The molecule has 0 aromatic heterocycles. The average molecular weight is 244 g/mol. The van der Waals surface area contributed by atoms with E-state index in [-0.39, 0.29) is 0 Å². The zero-order valence-electron chi connectivity index (χ0n) is 10.3. The fraction of sp³-hybridized carbons (Fsp3) is 0.500. The molecule has 0 aromatic carbocycles. The van der Waals surface area contributed by atoms with Gasteiger partial charge < -0.3 is 13.6 Å². The van der Waals surface area contributed by atoms with E-state index in [1.165, 1.54) is 0 Å². The molecule has 0 atom stereocenters. The van der Waals surface area contributed by atoms with Gasteiger partial charge in [0.15, 0.2) is 0 Å². The molecular formula is C12H21O3P. The van der Waals surface area contributed by atoms with Crippen LogP contribution in [-0.2, 0) is 13.6 Å². The van der Waals surface area contributed by atoms with Gasteiger partial charge in [0.25, 0.3) is 0 Å². The van der Waals surface area contributed by atoms with Crippen molar-refractivity contribution in [2.75, 3.05) is 19.8 Å². The fourth-order valence-corrected chi connectivity index (χ4v) is 1.56. The van der Waals surface area contributed by atoms with Crippen LogP contribution in [0.5, 0.6) is 0 Å². The molecule has 0 fully saturated rings. The smallest absolute Gasteiger partial charge is 0.308 e. The predicted octanol–water partition coefficient (Wildman–Crippen LogP) is 3.99. The molecule has 92 valence electrons. The Hall–Kier alpha value is -0.470. The van der Waals surface area contributed by atoms with Crippen molar-refractivity contribution >= 4 is 8.60 Å². The SMILES string of the molecule is CC=CCOP(OCC=CC)OCC=CC. The van der Waals surface area contributed by atoms with Crippen molar-refractivity contribution in [1.29, 1.82) is 0 Å². The number of hydrogen-bond acceptors (Lipinski definition) is 3. The summed E-state index contributed by atoms with van der Waals surface area (Å²) < 4.78 is 16.3. The monoisotopic (exact) mass is 244 g/mol. The Morgan fingerprint density at radius 3 is 1.25 bits per heavy atom. The second-order valence-corrected chi connectivity index (χ2v) is 4.04. The number of rotatable bonds is 9. The van der Waals surface area contributed by atoms with Gasteiger partial charge in [-0.3, -0.25) is 0 Å². The van der Waals surface area contributed by atoms with E-state index in [1.54, 1.807) is 0 Å². The normalized spacial score (nSPS) is 14.4. The Balaban J connectivity index is 3.84.